The van der Waals surface area contributed by atoms with E-state index in [0.717, 1.165) is 18.3 Å². The van der Waals surface area contributed by atoms with E-state index in [4.69, 9.17) is 23.2 Å². The second kappa shape index (κ2) is 7.58. The number of alkyl halides is 3. The summed E-state index contributed by atoms with van der Waals surface area (Å²) in [6.07, 6.45) is -3.35. The summed E-state index contributed by atoms with van der Waals surface area (Å²) < 4.78 is 38.5. The summed E-state index contributed by atoms with van der Waals surface area (Å²) in [5, 5.41) is 3.16. The maximum atomic E-state index is 12.8. The number of rotatable bonds is 3. The number of hydrogen-bond donors (Lipinski definition) is 1. The lowest BCUT2D eigenvalue weighted by atomic mass is 10.1. The minimum atomic E-state index is -4.45. The third-order valence-electron chi connectivity index (χ3n) is 3.73. The van der Waals surface area contributed by atoms with Gasteiger partial charge in [0.05, 0.1) is 27.0 Å². The van der Waals surface area contributed by atoms with Crippen LogP contribution in [0.25, 0.3) is 11.3 Å². The number of benzene rings is 2. The Morgan fingerprint density at radius 1 is 1.00 bits per heavy atom. The van der Waals surface area contributed by atoms with Crippen molar-refractivity contribution >= 4 is 34.8 Å². The molecule has 8 heteroatoms. The summed E-state index contributed by atoms with van der Waals surface area (Å²) >= 11 is 11.9. The van der Waals surface area contributed by atoms with Crippen molar-refractivity contribution in [2.24, 2.45) is 0 Å². The van der Waals surface area contributed by atoms with Crippen molar-refractivity contribution in [2.45, 2.75) is 6.18 Å². The predicted octanol–water partition coefficient (Wildman–Crippen LogP) is 6.33. The van der Waals surface area contributed by atoms with Crippen LogP contribution in [0.15, 0.2) is 60.8 Å². The topological polar surface area (TPSA) is 42.0 Å². The monoisotopic (exact) mass is 410 g/mol. The molecule has 3 rings (SSSR count). The van der Waals surface area contributed by atoms with Crippen molar-refractivity contribution in [1.29, 1.82) is 0 Å². The normalized spacial score (nSPS) is 11.3. The number of carbonyl (C=O) groups excluding carboxylic acids is 1. The lowest BCUT2D eigenvalue weighted by Gasteiger charge is -2.10. The Balaban J connectivity index is 1.81. The van der Waals surface area contributed by atoms with Crippen LogP contribution in [0.2, 0.25) is 10.0 Å². The highest BCUT2D eigenvalue weighted by Gasteiger charge is 2.30. The standard InChI is InChI=1S/C19H11Cl2F3N2O/c20-14-2-1-3-15(17(14)21)26-18(27)12-6-4-11(5-7-12)16-10-13(8-9-25-16)19(22,23)24/h1-10H,(H,26,27). The minimum Gasteiger partial charge on any atom is -0.321 e. The van der Waals surface area contributed by atoms with E-state index < -0.39 is 17.6 Å². The molecule has 0 saturated heterocycles. The number of anilines is 1. The molecule has 138 valence electrons. The Bertz CT molecular complexity index is 989. The van der Waals surface area contributed by atoms with Crippen molar-refractivity contribution < 1.29 is 18.0 Å². The van der Waals surface area contributed by atoms with Crippen molar-refractivity contribution in [3.63, 3.8) is 0 Å². The zero-order valence-corrected chi connectivity index (χ0v) is 15.0. The molecule has 3 aromatic rings. The zero-order chi connectivity index (χ0) is 19.6. The van der Waals surface area contributed by atoms with E-state index >= 15 is 0 Å². The van der Waals surface area contributed by atoms with Gasteiger partial charge in [0.1, 0.15) is 0 Å². The number of aromatic nitrogens is 1. The van der Waals surface area contributed by atoms with Gasteiger partial charge in [-0.3, -0.25) is 9.78 Å². The van der Waals surface area contributed by atoms with Gasteiger partial charge in [0.25, 0.3) is 5.91 Å². The average molecular weight is 411 g/mol. The van der Waals surface area contributed by atoms with Crippen molar-refractivity contribution in [1.82, 2.24) is 4.98 Å². The summed E-state index contributed by atoms with van der Waals surface area (Å²) in [4.78, 5) is 16.3. The van der Waals surface area contributed by atoms with Crippen LogP contribution in [0.4, 0.5) is 18.9 Å². The molecule has 0 spiro atoms. The number of amides is 1. The number of nitrogens with zero attached hydrogens (tertiary/aromatic N) is 1. The molecule has 0 saturated carbocycles. The Labute approximate surface area is 162 Å². The van der Waals surface area contributed by atoms with Crippen molar-refractivity contribution in [2.75, 3.05) is 5.32 Å². The van der Waals surface area contributed by atoms with Crippen LogP contribution in [0.5, 0.6) is 0 Å². The molecule has 1 aromatic heterocycles. The maximum Gasteiger partial charge on any atom is 0.416 e. The molecule has 0 aliphatic heterocycles. The number of nitrogens with one attached hydrogen (secondary N) is 1. The second-order valence-electron chi connectivity index (χ2n) is 5.56. The third kappa shape index (κ3) is 4.40. The van der Waals surface area contributed by atoms with Gasteiger partial charge in [-0.15, -0.1) is 0 Å². The molecule has 0 atom stereocenters. The first-order valence-corrected chi connectivity index (χ1v) is 8.40. The molecule has 27 heavy (non-hydrogen) atoms. The van der Waals surface area contributed by atoms with E-state index in [0.29, 0.717) is 21.8 Å². The number of halogens is 5. The summed E-state index contributed by atoms with van der Waals surface area (Å²) in [5.74, 6) is -0.428. The van der Waals surface area contributed by atoms with Crippen LogP contribution in [0.1, 0.15) is 15.9 Å². The molecular formula is C19H11Cl2F3N2O. The van der Waals surface area contributed by atoms with Crippen molar-refractivity contribution in [3.05, 3.63) is 82.0 Å². The van der Waals surface area contributed by atoms with Gasteiger partial charge in [0, 0.05) is 17.3 Å². The first kappa shape index (κ1) is 19.2. The summed E-state index contributed by atoms with van der Waals surface area (Å²) in [5.41, 5.74) is 0.498. The smallest absolute Gasteiger partial charge is 0.321 e. The minimum absolute atomic E-state index is 0.162. The van der Waals surface area contributed by atoms with Gasteiger partial charge in [-0.1, -0.05) is 41.4 Å². The maximum absolute atomic E-state index is 12.8. The summed E-state index contributed by atoms with van der Waals surface area (Å²) in [6.45, 7) is 0. The predicted molar refractivity (Wildman–Crippen MR) is 99.1 cm³/mol. The van der Waals surface area contributed by atoms with Crippen LogP contribution < -0.4 is 5.32 Å². The fraction of sp³-hybridized carbons (Fsp3) is 0.0526. The Morgan fingerprint density at radius 3 is 2.37 bits per heavy atom. The summed E-state index contributed by atoms with van der Waals surface area (Å²) in [7, 11) is 0. The van der Waals surface area contributed by atoms with Gasteiger partial charge in [0.15, 0.2) is 0 Å². The molecule has 0 aliphatic carbocycles. The SMILES string of the molecule is O=C(Nc1cccc(Cl)c1Cl)c1ccc(-c2cc(C(F)(F)F)ccn2)cc1. The van der Waals surface area contributed by atoms with E-state index in [1.807, 2.05) is 0 Å². The lowest BCUT2D eigenvalue weighted by molar-refractivity contribution is -0.137. The van der Waals surface area contributed by atoms with E-state index in [2.05, 4.69) is 10.3 Å². The Morgan fingerprint density at radius 2 is 1.70 bits per heavy atom. The molecule has 0 aliphatic rings. The molecule has 0 unspecified atom stereocenters. The molecule has 3 nitrogen and oxygen atoms in total. The van der Waals surface area contributed by atoms with Gasteiger partial charge in [0.2, 0.25) is 0 Å². The number of hydrogen-bond acceptors (Lipinski definition) is 2. The van der Waals surface area contributed by atoms with Gasteiger partial charge in [-0.05, 0) is 36.4 Å². The van der Waals surface area contributed by atoms with E-state index in [1.54, 1.807) is 18.2 Å². The van der Waals surface area contributed by atoms with E-state index in [1.165, 1.54) is 24.3 Å². The first-order valence-electron chi connectivity index (χ1n) is 7.65. The lowest BCUT2D eigenvalue weighted by Crippen LogP contribution is -2.12. The van der Waals surface area contributed by atoms with Crippen LogP contribution in [-0.4, -0.2) is 10.9 Å². The molecule has 1 N–H and O–H groups in total. The van der Waals surface area contributed by atoms with E-state index in [-0.39, 0.29) is 10.7 Å². The molecule has 0 bridgehead atoms. The fourth-order valence-corrected chi connectivity index (χ4v) is 2.70. The molecule has 0 fully saturated rings. The van der Waals surface area contributed by atoms with Crippen LogP contribution in [-0.2, 0) is 6.18 Å². The van der Waals surface area contributed by atoms with Gasteiger partial charge >= 0.3 is 6.18 Å². The highest BCUT2D eigenvalue weighted by atomic mass is 35.5. The van der Waals surface area contributed by atoms with Crippen molar-refractivity contribution in [3.8, 4) is 11.3 Å². The second-order valence-corrected chi connectivity index (χ2v) is 6.35. The fourth-order valence-electron chi connectivity index (χ4n) is 2.35. The summed E-state index contributed by atoms with van der Waals surface area (Å²) in [6, 6.07) is 12.7. The Kier molecular flexibility index (Phi) is 5.39. The van der Waals surface area contributed by atoms with Crippen LogP contribution >= 0.6 is 23.2 Å². The van der Waals surface area contributed by atoms with Gasteiger partial charge < -0.3 is 5.32 Å². The third-order valence-corrected chi connectivity index (χ3v) is 4.55. The Hall–Kier alpha value is -2.57. The highest BCUT2D eigenvalue weighted by Crippen LogP contribution is 2.32. The first-order chi connectivity index (χ1) is 12.8. The number of pyridine rings is 1. The quantitative estimate of drug-likeness (QED) is 0.548. The molecular weight excluding hydrogens is 400 g/mol. The van der Waals surface area contributed by atoms with Gasteiger partial charge in [-0.25, -0.2) is 0 Å². The number of carbonyl (C=O) groups is 1. The molecule has 1 amide bonds. The largest absolute Gasteiger partial charge is 0.416 e. The highest BCUT2D eigenvalue weighted by molar-refractivity contribution is 6.44. The molecule has 0 radical (unpaired) electrons. The average Bonchev–Trinajstić information content (AvgIpc) is 2.65. The van der Waals surface area contributed by atoms with Crippen LogP contribution in [0.3, 0.4) is 0 Å². The zero-order valence-electron chi connectivity index (χ0n) is 13.5. The molecule has 1 heterocycles. The van der Waals surface area contributed by atoms with Crippen LogP contribution in [0, 0.1) is 0 Å². The van der Waals surface area contributed by atoms with Gasteiger partial charge in [-0.2, -0.15) is 13.2 Å². The van der Waals surface area contributed by atoms with E-state index in [9.17, 15) is 18.0 Å². The molecule has 2 aromatic carbocycles.